The van der Waals surface area contributed by atoms with E-state index in [1.165, 1.54) is 0 Å². The molecule has 1 atom stereocenters. The average Bonchev–Trinajstić information content (AvgIpc) is 2.55. The summed E-state index contributed by atoms with van der Waals surface area (Å²) < 4.78 is 0. The Balaban J connectivity index is 1.95. The molecule has 0 fully saturated rings. The van der Waals surface area contributed by atoms with Gasteiger partial charge in [0.15, 0.2) is 0 Å². The molecule has 8 heteroatoms. The molecule has 0 radical (unpaired) electrons. The number of nitrogens with two attached hydrogens (primary N) is 1. The molecule has 2 rings (SSSR count). The highest BCUT2D eigenvalue weighted by Gasteiger charge is 2.14. The molecule has 2 aromatic carbocycles. The van der Waals surface area contributed by atoms with Crippen LogP contribution in [0.3, 0.4) is 0 Å². The Kier molecular flexibility index (Phi) is 5.94. The van der Waals surface area contributed by atoms with Crippen molar-refractivity contribution >= 4 is 35.0 Å². The maximum atomic E-state index is 12.0. The molecule has 8 nitrogen and oxygen atoms in total. The summed E-state index contributed by atoms with van der Waals surface area (Å²) in [5.41, 5.74) is 6.73. The summed E-state index contributed by atoms with van der Waals surface area (Å²) in [6.07, 6.45) is 0. The van der Waals surface area contributed by atoms with Crippen molar-refractivity contribution in [2.45, 2.75) is 13.0 Å². The number of carbonyl (C=O) groups is 3. The van der Waals surface area contributed by atoms with Crippen LogP contribution in [0.2, 0.25) is 0 Å². The summed E-state index contributed by atoms with van der Waals surface area (Å²) in [7, 11) is 0. The first-order valence-electron chi connectivity index (χ1n) is 7.54. The zero-order chi connectivity index (χ0) is 18.2. The molecule has 0 aliphatic heterocycles. The van der Waals surface area contributed by atoms with E-state index in [0.29, 0.717) is 17.1 Å². The minimum absolute atomic E-state index is 0.386. The van der Waals surface area contributed by atoms with Gasteiger partial charge in [-0.15, -0.1) is 0 Å². The number of primary amides is 1. The van der Waals surface area contributed by atoms with Crippen LogP contribution in [0.5, 0.6) is 0 Å². The van der Waals surface area contributed by atoms with Crippen LogP contribution in [-0.4, -0.2) is 24.0 Å². The maximum Gasteiger partial charge on any atom is 0.323 e. The van der Waals surface area contributed by atoms with Crippen molar-refractivity contribution in [1.82, 2.24) is 5.32 Å². The number of nitrogens with one attached hydrogen (secondary N) is 4. The van der Waals surface area contributed by atoms with Gasteiger partial charge in [-0.05, 0) is 37.3 Å². The Hall–Kier alpha value is -3.55. The molecule has 0 spiro atoms. The minimum atomic E-state index is -0.911. The largest absolute Gasteiger partial charge is 0.374 e. The van der Waals surface area contributed by atoms with Crippen LogP contribution in [0.25, 0.3) is 0 Å². The summed E-state index contributed by atoms with van der Waals surface area (Å²) >= 11 is 0. The van der Waals surface area contributed by atoms with E-state index in [-0.39, 0.29) is 6.03 Å². The number of rotatable bonds is 5. The molecular formula is C17H19N5O3. The summed E-state index contributed by atoms with van der Waals surface area (Å²) in [5.74, 6) is -0.548. The second-order valence-corrected chi connectivity index (χ2v) is 5.25. The highest BCUT2D eigenvalue weighted by atomic mass is 16.2. The Morgan fingerprint density at radius 1 is 0.880 bits per heavy atom. The molecule has 0 saturated carbocycles. The van der Waals surface area contributed by atoms with E-state index in [9.17, 15) is 14.4 Å². The lowest BCUT2D eigenvalue weighted by molar-refractivity contribution is -0.120. The van der Waals surface area contributed by atoms with Crippen molar-refractivity contribution in [2.75, 3.05) is 16.0 Å². The Morgan fingerprint density at radius 2 is 1.48 bits per heavy atom. The first-order valence-corrected chi connectivity index (χ1v) is 7.54. The van der Waals surface area contributed by atoms with Gasteiger partial charge in [0.2, 0.25) is 5.91 Å². The van der Waals surface area contributed by atoms with E-state index >= 15 is 0 Å². The second-order valence-electron chi connectivity index (χ2n) is 5.25. The summed E-state index contributed by atoms with van der Waals surface area (Å²) in [5, 5.41) is 10.3. The quantitative estimate of drug-likeness (QED) is 0.572. The van der Waals surface area contributed by atoms with Crippen LogP contribution < -0.4 is 27.0 Å². The van der Waals surface area contributed by atoms with Crippen molar-refractivity contribution in [3.63, 3.8) is 0 Å². The predicted octanol–water partition coefficient (Wildman–Crippen LogP) is 2.33. The van der Waals surface area contributed by atoms with Crippen LogP contribution in [0.4, 0.5) is 26.7 Å². The molecule has 0 heterocycles. The van der Waals surface area contributed by atoms with Gasteiger partial charge in [0.1, 0.15) is 6.04 Å². The number of hydrogen-bond donors (Lipinski definition) is 5. The van der Waals surface area contributed by atoms with Gasteiger partial charge < -0.3 is 21.7 Å². The third-order valence-electron chi connectivity index (χ3n) is 3.17. The predicted molar refractivity (Wildman–Crippen MR) is 96.3 cm³/mol. The summed E-state index contributed by atoms with van der Waals surface area (Å²) in [6.45, 7) is 1.58. The Morgan fingerprint density at radius 3 is 2.16 bits per heavy atom. The third-order valence-corrected chi connectivity index (χ3v) is 3.17. The fourth-order valence-corrected chi connectivity index (χ4v) is 2.05. The highest BCUT2D eigenvalue weighted by molar-refractivity contribution is 6.00. The maximum absolute atomic E-state index is 12.0. The Labute approximate surface area is 144 Å². The smallest absolute Gasteiger partial charge is 0.323 e. The molecule has 0 saturated heterocycles. The first kappa shape index (κ1) is 17.8. The number of urea groups is 2. The number of carbonyl (C=O) groups excluding carboxylic acids is 3. The number of amides is 5. The molecule has 2 aromatic rings. The molecule has 0 bridgehead atoms. The number of hydrogen-bond acceptors (Lipinski definition) is 4. The number of para-hydroxylation sites is 1. The van der Waals surface area contributed by atoms with Gasteiger partial charge in [0, 0.05) is 17.1 Å². The van der Waals surface area contributed by atoms with E-state index in [1.807, 2.05) is 23.5 Å². The van der Waals surface area contributed by atoms with Gasteiger partial charge in [0.05, 0.1) is 0 Å². The van der Waals surface area contributed by atoms with E-state index < -0.39 is 18.0 Å². The van der Waals surface area contributed by atoms with Crippen LogP contribution in [0.1, 0.15) is 6.92 Å². The average molecular weight is 341 g/mol. The lowest BCUT2D eigenvalue weighted by Crippen LogP contribution is -2.43. The summed E-state index contributed by atoms with van der Waals surface area (Å²) in [6, 6.07) is 13.9. The van der Waals surface area contributed by atoms with Crippen LogP contribution in [0, 0.1) is 0 Å². The van der Waals surface area contributed by atoms with Crippen molar-refractivity contribution in [3.8, 4) is 0 Å². The van der Waals surface area contributed by atoms with Gasteiger partial charge in [-0.2, -0.15) is 0 Å². The number of anilines is 3. The van der Waals surface area contributed by atoms with Crippen molar-refractivity contribution in [1.29, 1.82) is 0 Å². The molecule has 0 aromatic heterocycles. The SMILES string of the molecule is C[C@@H](Nc1cccc(NC(=O)Nc2ccccc2)c1)C(=O)NC(N)=O. The third kappa shape index (κ3) is 5.87. The lowest BCUT2D eigenvalue weighted by atomic mass is 10.2. The zero-order valence-electron chi connectivity index (χ0n) is 13.6. The molecule has 6 N–H and O–H groups in total. The second kappa shape index (κ2) is 8.34. The first-order chi connectivity index (χ1) is 11.9. The summed E-state index contributed by atoms with van der Waals surface area (Å²) in [4.78, 5) is 34.4. The minimum Gasteiger partial charge on any atom is -0.374 e. The van der Waals surface area contributed by atoms with Crippen molar-refractivity contribution < 1.29 is 14.4 Å². The van der Waals surface area contributed by atoms with E-state index in [2.05, 4.69) is 16.0 Å². The van der Waals surface area contributed by atoms with Crippen molar-refractivity contribution in [2.24, 2.45) is 5.73 Å². The van der Waals surface area contributed by atoms with Gasteiger partial charge in [-0.1, -0.05) is 24.3 Å². The van der Waals surface area contributed by atoms with E-state index in [4.69, 9.17) is 5.73 Å². The van der Waals surface area contributed by atoms with Crippen LogP contribution >= 0.6 is 0 Å². The topological polar surface area (TPSA) is 125 Å². The standard InChI is InChI=1S/C17H19N5O3/c1-11(15(23)22-16(18)24)19-13-8-5-9-14(10-13)21-17(25)20-12-6-3-2-4-7-12/h2-11,19H,1H3,(H2,20,21,25)(H3,18,22,23,24)/t11-/m1/s1. The van der Waals surface area contributed by atoms with Crippen LogP contribution in [-0.2, 0) is 4.79 Å². The molecular weight excluding hydrogens is 322 g/mol. The molecule has 130 valence electrons. The highest BCUT2D eigenvalue weighted by Crippen LogP contribution is 2.16. The van der Waals surface area contributed by atoms with Gasteiger partial charge in [-0.25, -0.2) is 9.59 Å². The molecule has 25 heavy (non-hydrogen) atoms. The fraction of sp³-hybridized carbons (Fsp3) is 0.118. The van der Waals surface area contributed by atoms with E-state index in [1.54, 1.807) is 43.3 Å². The zero-order valence-corrected chi connectivity index (χ0v) is 13.6. The number of imide groups is 1. The van der Waals surface area contributed by atoms with Gasteiger partial charge >= 0.3 is 12.1 Å². The lowest BCUT2D eigenvalue weighted by Gasteiger charge is -2.15. The molecule has 0 aliphatic carbocycles. The van der Waals surface area contributed by atoms with Gasteiger partial charge in [0.25, 0.3) is 0 Å². The molecule has 0 aliphatic rings. The number of benzene rings is 2. The van der Waals surface area contributed by atoms with E-state index in [0.717, 1.165) is 0 Å². The van der Waals surface area contributed by atoms with Crippen LogP contribution in [0.15, 0.2) is 54.6 Å². The molecule has 5 amide bonds. The monoisotopic (exact) mass is 341 g/mol. The Bertz CT molecular complexity index is 764. The van der Waals surface area contributed by atoms with Crippen molar-refractivity contribution in [3.05, 3.63) is 54.6 Å². The van der Waals surface area contributed by atoms with Gasteiger partial charge in [-0.3, -0.25) is 10.1 Å². The fourth-order valence-electron chi connectivity index (χ4n) is 2.05. The molecule has 0 unspecified atom stereocenters. The normalized spacial score (nSPS) is 11.1.